The predicted molar refractivity (Wildman–Crippen MR) is 61.1 cm³/mol. The molecule has 2 fully saturated rings. The fourth-order valence-corrected chi connectivity index (χ4v) is 3.39. The molecule has 2 heterocycles. The first-order valence-electron chi connectivity index (χ1n) is 6.32. The molecule has 3 unspecified atom stereocenters. The first kappa shape index (κ1) is 11.9. The second-order valence-corrected chi connectivity index (χ2v) is 5.58. The topological polar surface area (TPSA) is 35.5 Å². The van der Waals surface area contributed by atoms with Crippen LogP contribution < -0.4 is 0 Å². The predicted octanol–water partition coefficient (Wildman–Crippen LogP) is 2.68. The van der Waals surface area contributed by atoms with Gasteiger partial charge < -0.3 is 9.47 Å². The molecule has 0 radical (unpaired) electrons. The van der Waals surface area contributed by atoms with E-state index in [1.165, 1.54) is 0 Å². The fourth-order valence-electron chi connectivity index (χ4n) is 3.39. The Morgan fingerprint density at radius 2 is 2.00 bits per heavy atom. The van der Waals surface area contributed by atoms with Crippen molar-refractivity contribution in [1.29, 1.82) is 0 Å². The van der Waals surface area contributed by atoms with Crippen molar-refractivity contribution in [3.63, 3.8) is 0 Å². The normalized spacial score (nSPS) is 41.6. The number of carbonyl (C=O) groups excluding carboxylic acids is 1. The molecule has 3 nitrogen and oxygen atoms in total. The van der Waals surface area contributed by atoms with E-state index in [9.17, 15) is 4.79 Å². The summed E-state index contributed by atoms with van der Waals surface area (Å²) in [4.78, 5) is 11.6. The van der Waals surface area contributed by atoms with Crippen LogP contribution in [-0.2, 0) is 14.3 Å². The van der Waals surface area contributed by atoms with Gasteiger partial charge in [0.05, 0.1) is 18.6 Å². The van der Waals surface area contributed by atoms with E-state index in [0.29, 0.717) is 12.5 Å². The maximum absolute atomic E-state index is 11.6. The summed E-state index contributed by atoms with van der Waals surface area (Å²) in [6.45, 7) is 8.33. The van der Waals surface area contributed by atoms with Crippen molar-refractivity contribution < 1.29 is 14.3 Å². The second kappa shape index (κ2) is 3.73. The van der Waals surface area contributed by atoms with Gasteiger partial charge in [0, 0.05) is 5.41 Å². The van der Waals surface area contributed by atoms with Crippen molar-refractivity contribution in [1.82, 2.24) is 0 Å². The van der Waals surface area contributed by atoms with E-state index < -0.39 is 0 Å². The number of rotatable bonds is 2. The van der Waals surface area contributed by atoms with Crippen LogP contribution in [-0.4, -0.2) is 23.8 Å². The van der Waals surface area contributed by atoms with E-state index in [2.05, 4.69) is 13.8 Å². The maximum Gasteiger partial charge on any atom is 0.307 e. The van der Waals surface area contributed by atoms with Gasteiger partial charge in [-0.2, -0.15) is 0 Å². The van der Waals surface area contributed by atoms with Gasteiger partial charge in [0.1, 0.15) is 5.60 Å². The van der Waals surface area contributed by atoms with Gasteiger partial charge in [-0.1, -0.05) is 13.8 Å². The van der Waals surface area contributed by atoms with E-state index in [-0.39, 0.29) is 23.1 Å². The summed E-state index contributed by atoms with van der Waals surface area (Å²) in [5.74, 6) is -0.0659. The summed E-state index contributed by atoms with van der Waals surface area (Å²) in [7, 11) is 0. The lowest BCUT2D eigenvalue weighted by Gasteiger charge is -2.38. The molecular weight excluding hydrogens is 204 g/mol. The Balaban J connectivity index is 2.32. The Hall–Kier alpha value is -0.570. The van der Waals surface area contributed by atoms with Crippen molar-refractivity contribution >= 4 is 5.97 Å². The van der Waals surface area contributed by atoms with E-state index in [0.717, 1.165) is 19.3 Å². The zero-order valence-electron chi connectivity index (χ0n) is 10.7. The van der Waals surface area contributed by atoms with E-state index in [1.54, 1.807) is 0 Å². The minimum atomic E-state index is -0.380. The van der Waals surface area contributed by atoms with Crippen molar-refractivity contribution in [3.05, 3.63) is 0 Å². The molecular formula is C13H22O3. The van der Waals surface area contributed by atoms with Gasteiger partial charge in [0.25, 0.3) is 0 Å². The average molecular weight is 226 g/mol. The molecule has 0 aromatic carbocycles. The van der Waals surface area contributed by atoms with Gasteiger partial charge in [-0.15, -0.1) is 0 Å². The molecule has 0 N–H and O–H groups in total. The second-order valence-electron chi connectivity index (χ2n) is 5.58. The Morgan fingerprint density at radius 1 is 1.31 bits per heavy atom. The van der Waals surface area contributed by atoms with E-state index >= 15 is 0 Å². The third-order valence-corrected chi connectivity index (χ3v) is 4.42. The number of ether oxygens (including phenoxy) is 2. The molecule has 2 aliphatic heterocycles. The first-order valence-corrected chi connectivity index (χ1v) is 6.32. The number of hydrogen-bond donors (Lipinski definition) is 0. The molecule has 0 amide bonds. The fraction of sp³-hybridized carbons (Fsp3) is 0.923. The molecule has 1 spiro atoms. The van der Waals surface area contributed by atoms with E-state index in [4.69, 9.17) is 9.47 Å². The smallest absolute Gasteiger partial charge is 0.307 e. The summed E-state index contributed by atoms with van der Waals surface area (Å²) >= 11 is 0. The molecule has 0 bridgehead atoms. The Bertz CT molecular complexity index is 298. The summed E-state index contributed by atoms with van der Waals surface area (Å²) in [5, 5.41) is 0. The highest BCUT2D eigenvalue weighted by atomic mass is 16.6. The Labute approximate surface area is 97.5 Å². The van der Waals surface area contributed by atoms with Crippen LogP contribution in [0.3, 0.4) is 0 Å². The van der Waals surface area contributed by atoms with Gasteiger partial charge in [-0.25, -0.2) is 0 Å². The summed E-state index contributed by atoms with van der Waals surface area (Å²) < 4.78 is 11.5. The quantitative estimate of drug-likeness (QED) is 0.679. The average Bonchev–Trinajstić information content (AvgIpc) is 2.66. The number of carbonyl (C=O) groups is 1. The number of hydrogen-bond acceptors (Lipinski definition) is 3. The van der Waals surface area contributed by atoms with Crippen LogP contribution in [0.25, 0.3) is 0 Å². The molecule has 92 valence electrons. The standard InChI is InChI=1S/C13H22O3/c1-5-9-7-13(10(6-2)15-9)8-11(14)16-12(13,3)4/h9-10H,5-8H2,1-4H3. The minimum Gasteiger partial charge on any atom is -0.459 e. The highest BCUT2D eigenvalue weighted by Gasteiger charge is 2.62. The summed E-state index contributed by atoms with van der Waals surface area (Å²) in [5.41, 5.74) is -0.478. The zero-order chi connectivity index (χ0) is 12.0. The molecule has 0 saturated carbocycles. The monoisotopic (exact) mass is 226 g/mol. The lowest BCUT2D eigenvalue weighted by Crippen LogP contribution is -2.45. The van der Waals surface area contributed by atoms with E-state index in [1.807, 2.05) is 13.8 Å². The zero-order valence-corrected chi connectivity index (χ0v) is 10.7. The Morgan fingerprint density at radius 3 is 2.44 bits per heavy atom. The van der Waals surface area contributed by atoms with Gasteiger partial charge in [0.2, 0.25) is 0 Å². The first-order chi connectivity index (χ1) is 7.45. The number of esters is 1. The lowest BCUT2D eigenvalue weighted by molar-refractivity contribution is -0.149. The van der Waals surface area contributed by atoms with Crippen molar-refractivity contribution in [3.8, 4) is 0 Å². The third kappa shape index (κ3) is 1.48. The molecule has 2 rings (SSSR count). The van der Waals surface area contributed by atoms with Gasteiger partial charge in [-0.05, 0) is 33.1 Å². The summed E-state index contributed by atoms with van der Waals surface area (Å²) in [6.07, 6.45) is 3.91. The lowest BCUT2D eigenvalue weighted by atomic mass is 9.67. The minimum absolute atomic E-state index is 0.0659. The van der Waals surface area contributed by atoms with Crippen molar-refractivity contribution in [2.24, 2.45) is 5.41 Å². The van der Waals surface area contributed by atoms with Gasteiger partial charge in [0.15, 0.2) is 0 Å². The highest BCUT2D eigenvalue weighted by Crippen LogP contribution is 2.56. The highest BCUT2D eigenvalue weighted by molar-refractivity contribution is 5.74. The molecule has 0 aromatic rings. The molecule has 3 atom stereocenters. The SMILES string of the molecule is CCC1CC2(CC(=O)OC2(C)C)C(CC)O1. The molecule has 16 heavy (non-hydrogen) atoms. The van der Waals surface area contributed by atoms with Crippen LogP contribution in [0.15, 0.2) is 0 Å². The largest absolute Gasteiger partial charge is 0.459 e. The Kier molecular flexibility index (Phi) is 2.77. The van der Waals surface area contributed by atoms with Crippen molar-refractivity contribution in [2.45, 2.75) is 71.2 Å². The van der Waals surface area contributed by atoms with Gasteiger partial charge in [-0.3, -0.25) is 4.79 Å². The molecule has 0 aromatic heterocycles. The van der Waals surface area contributed by atoms with Crippen LogP contribution in [0.4, 0.5) is 0 Å². The van der Waals surface area contributed by atoms with Crippen LogP contribution in [0.2, 0.25) is 0 Å². The summed E-state index contributed by atoms with van der Waals surface area (Å²) in [6, 6.07) is 0. The maximum atomic E-state index is 11.6. The van der Waals surface area contributed by atoms with Gasteiger partial charge >= 0.3 is 5.97 Å². The van der Waals surface area contributed by atoms with Crippen LogP contribution >= 0.6 is 0 Å². The van der Waals surface area contributed by atoms with Crippen LogP contribution in [0.5, 0.6) is 0 Å². The number of cyclic esters (lactones) is 1. The van der Waals surface area contributed by atoms with Crippen molar-refractivity contribution in [2.75, 3.05) is 0 Å². The molecule has 2 saturated heterocycles. The molecule has 2 aliphatic rings. The molecule has 0 aliphatic carbocycles. The molecule has 3 heteroatoms. The third-order valence-electron chi connectivity index (χ3n) is 4.42. The van der Waals surface area contributed by atoms with Crippen LogP contribution in [0, 0.1) is 5.41 Å². The van der Waals surface area contributed by atoms with Crippen LogP contribution in [0.1, 0.15) is 53.4 Å².